The summed E-state index contributed by atoms with van der Waals surface area (Å²) < 4.78 is 4.72. The Hall–Kier alpha value is -6.71. The lowest BCUT2D eigenvalue weighted by molar-refractivity contribution is 1.14. The average Bonchev–Trinajstić information content (AvgIpc) is 3.71. The third kappa shape index (κ3) is 4.48. The summed E-state index contributed by atoms with van der Waals surface area (Å²) in [6.45, 7) is 0. The van der Waals surface area contributed by atoms with Gasteiger partial charge < -0.3 is 4.57 Å². The smallest absolute Gasteiger partial charge is 0.145 e. The summed E-state index contributed by atoms with van der Waals surface area (Å²) in [7, 11) is 0. The molecular weight excluding hydrogens is 607 g/mol. The molecule has 10 rings (SSSR count). The number of fused-ring (bicyclic) bond motifs is 6. The monoisotopic (exact) mass is 637 g/mol. The molecule has 0 bridgehead atoms. The van der Waals surface area contributed by atoms with Crippen LogP contribution in [-0.4, -0.2) is 14.1 Å². The third-order valence-electron chi connectivity index (χ3n) is 9.98. The van der Waals surface area contributed by atoms with Gasteiger partial charge in [0.1, 0.15) is 5.65 Å². The van der Waals surface area contributed by atoms with Crippen molar-refractivity contribution in [3.8, 4) is 44.8 Å². The molecule has 0 saturated heterocycles. The summed E-state index contributed by atoms with van der Waals surface area (Å²) >= 11 is 0. The van der Waals surface area contributed by atoms with Crippen LogP contribution in [0.1, 0.15) is 0 Å². The molecule has 0 aliphatic heterocycles. The second kappa shape index (κ2) is 11.5. The molecule has 0 aliphatic rings. The fourth-order valence-electron chi connectivity index (χ4n) is 7.70. The number of hydrogen-bond acceptors (Lipinski definition) is 1. The minimum Gasteiger partial charge on any atom is -0.309 e. The maximum Gasteiger partial charge on any atom is 0.145 e. The molecule has 3 heterocycles. The molecule has 3 heteroatoms. The van der Waals surface area contributed by atoms with Gasteiger partial charge in [-0.15, -0.1) is 0 Å². The van der Waals surface area contributed by atoms with Gasteiger partial charge >= 0.3 is 0 Å². The highest BCUT2D eigenvalue weighted by Crippen LogP contribution is 2.41. The van der Waals surface area contributed by atoms with Crippen molar-refractivity contribution in [3.63, 3.8) is 0 Å². The zero-order valence-electron chi connectivity index (χ0n) is 27.2. The van der Waals surface area contributed by atoms with Crippen molar-refractivity contribution < 1.29 is 0 Å². The van der Waals surface area contributed by atoms with Crippen LogP contribution in [0.25, 0.3) is 88.5 Å². The van der Waals surface area contributed by atoms with Gasteiger partial charge in [-0.25, -0.2) is 4.98 Å². The Morgan fingerprint density at radius 3 is 1.80 bits per heavy atom. The Bertz CT molecular complexity index is 2840. The maximum absolute atomic E-state index is 4.91. The molecule has 0 atom stereocenters. The van der Waals surface area contributed by atoms with Gasteiger partial charge in [-0.1, -0.05) is 127 Å². The van der Waals surface area contributed by atoms with E-state index in [0.717, 1.165) is 27.9 Å². The number of aromatic nitrogens is 3. The molecule has 0 amide bonds. The Balaban J connectivity index is 1.18. The van der Waals surface area contributed by atoms with Crippen LogP contribution in [0.15, 0.2) is 188 Å². The SMILES string of the molecule is c1ccc(-c2ccc(-n3c4ccccc4c4c(-c5ccc6c7cccnc7n(-c7cccc(-c8ccccc8)c7)c6c5)cccc43)cc2)cc1. The van der Waals surface area contributed by atoms with Crippen molar-refractivity contribution in [3.05, 3.63) is 188 Å². The quantitative estimate of drug-likeness (QED) is 0.184. The van der Waals surface area contributed by atoms with E-state index in [1.807, 2.05) is 12.3 Å². The number of para-hydroxylation sites is 1. The molecule has 0 N–H and O–H groups in total. The van der Waals surface area contributed by atoms with Gasteiger partial charge in [0.15, 0.2) is 0 Å². The van der Waals surface area contributed by atoms with Crippen LogP contribution < -0.4 is 0 Å². The first-order valence-electron chi connectivity index (χ1n) is 17.1. The Labute approximate surface area is 290 Å². The molecule has 0 fully saturated rings. The van der Waals surface area contributed by atoms with Crippen molar-refractivity contribution >= 4 is 43.7 Å². The maximum atomic E-state index is 4.91. The van der Waals surface area contributed by atoms with Crippen molar-refractivity contribution in [2.24, 2.45) is 0 Å². The van der Waals surface area contributed by atoms with E-state index < -0.39 is 0 Å². The summed E-state index contributed by atoms with van der Waals surface area (Å²) in [5, 5.41) is 4.83. The summed E-state index contributed by atoms with van der Waals surface area (Å²) in [4.78, 5) is 4.91. The Kier molecular flexibility index (Phi) is 6.49. The average molecular weight is 638 g/mol. The predicted octanol–water partition coefficient (Wildman–Crippen LogP) is 12.3. The van der Waals surface area contributed by atoms with Crippen molar-refractivity contribution in [1.82, 2.24) is 14.1 Å². The van der Waals surface area contributed by atoms with Gasteiger partial charge in [0, 0.05) is 39.1 Å². The normalized spacial score (nSPS) is 11.6. The van der Waals surface area contributed by atoms with Crippen molar-refractivity contribution in [2.75, 3.05) is 0 Å². The van der Waals surface area contributed by atoms with Gasteiger partial charge in [0.25, 0.3) is 0 Å². The van der Waals surface area contributed by atoms with E-state index in [-0.39, 0.29) is 0 Å². The van der Waals surface area contributed by atoms with E-state index in [2.05, 4.69) is 185 Å². The van der Waals surface area contributed by atoms with Crippen LogP contribution in [0.4, 0.5) is 0 Å². The fourth-order valence-corrected chi connectivity index (χ4v) is 7.70. The molecule has 0 radical (unpaired) electrons. The summed E-state index contributed by atoms with van der Waals surface area (Å²) in [6.07, 6.45) is 1.89. The standard InChI is InChI=1S/C47H31N3/c1-3-12-32(13-4-1)34-23-26-37(27-24-34)49-43-21-8-7-18-42(43)46-39(19-10-22-44(46)49)36-25-28-40-41-20-11-29-48-47(41)50(45(40)31-36)38-17-9-16-35(30-38)33-14-5-2-6-15-33/h1-31H. The molecular formula is C47H31N3. The molecule has 0 aliphatic carbocycles. The van der Waals surface area contributed by atoms with Crippen LogP contribution in [-0.2, 0) is 0 Å². The molecule has 10 aromatic rings. The molecule has 50 heavy (non-hydrogen) atoms. The predicted molar refractivity (Wildman–Crippen MR) is 209 cm³/mol. The molecule has 3 nitrogen and oxygen atoms in total. The van der Waals surface area contributed by atoms with Gasteiger partial charge in [-0.05, 0) is 88.0 Å². The minimum absolute atomic E-state index is 0.957. The zero-order valence-corrected chi connectivity index (χ0v) is 27.2. The number of rotatable bonds is 5. The van der Waals surface area contributed by atoms with Crippen LogP contribution >= 0.6 is 0 Å². The van der Waals surface area contributed by atoms with Gasteiger partial charge in [0.2, 0.25) is 0 Å². The molecule has 0 unspecified atom stereocenters. The van der Waals surface area contributed by atoms with Gasteiger partial charge in [-0.2, -0.15) is 0 Å². The highest BCUT2D eigenvalue weighted by molar-refractivity contribution is 6.17. The highest BCUT2D eigenvalue weighted by Gasteiger charge is 2.19. The first-order chi connectivity index (χ1) is 24.8. The third-order valence-corrected chi connectivity index (χ3v) is 9.98. The van der Waals surface area contributed by atoms with E-state index in [0.29, 0.717) is 0 Å². The van der Waals surface area contributed by atoms with Gasteiger partial charge in [0.05, 0.1) is 16.6 Å². The molecule has 3 aromatic heterocycles. The second-order valence-electron chi connectivity index (χ2n) is 12.8. The van der Waals surface area contributed by atoms with E-state index in [4.69, 9.17) is 4.98 Å². The highest BCUT2D eigenvalue weighted by atomic mass is 15.0. The van der Waals surface area contributed by atoms with Crippen molar-refractivity contribution in [2.45, 2.75) is 0 Å². The lowest BCUT2D eigenvalue weighted by Gasteiger charge is -2.12. The molecule has 0 saturated carbocycles. The summed E-state index contributed by atoms with van der Waals surface area (Å²) in [6, 6.07) is 65.4. The summed E-state index contributed by atoms with van der Waals surface area (Å²) in [5.74, 6) is 0. The van der Waals surface area contributed by atoms with E-state index >= 15 is 0 Å². The topological polar surface area (TPSA) is 22.8 Å². The first-order valence-corrected chi connectivity index (χ1v) is 17.1. The number of hydrogen-bond donors (Lipinski definition) is 0. The summed E-state index contributed by atoms with van der Waals surface area (Å²) in [5.41, 5.74) is 13.9. The van der Waals surface area contributed by atoms with Crippen LogP contribution in [0.2, 0.25) is 0 Å². The van der Waals surface area contributed by atoms with E-state index in [1.54, 1.807) is 0 Å². The molecule has 7 aromatic carbocycles. The van der Waals surface area contributed by atoms with Crippen LogP contribution in [0.3, 0.4) is 0 Å². The largest absolute Gasteiger partial charge is 0.309 e. The second-order valence-corrected chi connectivity index (χ2v) is 12.8. The van der Waals surface area contributed by atoms with Crippen molar-refractivity contribution in [1.29, 1.82) is 0 Å². The number of nitrogens with zero attached hydrogens (tertiary/aromatic N) is 3. The van der Waals surface area contributed by atoms with Crippen LogP contribution in [0, 0.1) is 0 Å². The lowest BCUT2D eigenvalue weighted by Crippen LogP contribution is -1.96. The first kappa shape index (κ1) is 28.3. The van der Waals surface area contributed by atoms with E-state index in [1.165, 1.54) is 60.6 Å². The Morgan fingerprint density at radius 1 is 0.340 bits per heavy atom. The van der Waals surface area contributed by atoms with E-state index in [9.17, 15) is 0 Å². The zero-order chi connectivity index (χ0) is 33.0. The molecule has 0 spiro atoms. The number of pyridine rings is 1. The minimum atomic E-state index is 0.957. The Morgan fingerprint density at radius 2 is 0.980 bits per heavy atom. The van der Waals surface area contributed by atoms with Gasteiger partial charge in [-0.3, -0.25) is 4.57 Å². The molecule has 234 valence electrons. The number of benzene rings is 7. The fraction of sp³-hybridized carbons (Fsp3) is 0. The van der Waals surface area contributed by atoms with Crippen LogP contribution in [0.5, 0.6) is 0 Å². The lowest BCUT2D eigenvalue weighted by atomic mass is 9.98.